The Morgan fingerprint density at radius 2 is 2.14 bits per heavy atom. The lowest BCUT2D eigenvalue weighted by Gasteiger charge is -2.34. The van der Waals surface area contributed by atoms with Crippen LogP contribution < -0.4 is 10.1 Å². The van der Waals surface area contributed by atoms with E-state index in [9.17, 15) is 4.79 Å². The van der Waals surface area contributed by atoms with Crippen molar-refractivity contribution >= 4 is 6.03 Å². The van der Waals surface area contributed by atoms with E-state index in [1.54, 1.807) is 13.3 Å². The van der Waals surface area contributed by atoms with Gasteiger partial charge in [-0.05, 0) is 43.6 Å². The first-order valence-corrected chi connectivity index (χ1v) is 9.98. The standard InChI is InChI=1S/C22H30N4O2/c1-3-25-13-7-10-20(17-25)24-22(27)26(15-18-8-6-12-23-14-18)16-19-9-4-5-11-21(19)28-2/h4-6,8-9,11-12,14,20H,3,7,10,13,15-17H2,1-2H3,(H,24,27)/t20-/m0/s1. The molecule has 2 heterocycles. The van der Waals surface area contributed by atoms with Crippen LogP contribution in [-0.4, -0.2) is 53.6 Å². The van der Waals surface area contributed by atoms with Crippen molar-refractivity contribution in [2.24, 2.45) is 0 Å². The number of carbonyl (C=O) groups is 1. The fourth-order valence-electron chi connectivity index (χ4n) is 3.68. The van der Waals surface area contributed by atoms with Crippen molar-refractivity contribution in [2.45, 2.75) is 38.9 Å². The molecule has 1 aliphatic rings. The molecule has 0 unspecified atom stereocenters. The molecule has 150 valence electrons. The molecule has 0 bridgehead atoms. The van der Waals surface area contributed by atoms with Crippen molar-refractivity contribution in [3.05, 3.63) is 59.9 Å². The first-order chi connectivity index (χ1) is 13.7. The van der Waals surface area contributed by atoms with Crippen LogP contribution in [0.1, 0.15) is 30.9 Å². The number of benzene rings is 1. The van der Waals surface area contributed by atoms with Gasteiger partial charge in [-0.25, -0.2) is 4.79 Å². The van der Waals surface area contributed by atoms with Crippen LogP contribution in [0.3, 0.4) is 0 Å². The van der Waals surface area contributed by atoms with Gasteiger partial charge in [0.05, 0.1) is 13.7 Å². The lowest BCUT2D eigenvalue weighted by molar-refractivity contribution is 0.166. The Morgan fingerprint density at radius 1 is 1.29 bits per heavy atom. The average Bonchev–Trinajstić information content (AvgIpc) is 2.74. The number of amides is 2. The Bertz CT molecular complexity index is 753. The first kappa shape index (κ1) is 20.1. The molecule has 2 aromatic rings. The van der Waals surface area contributed by atoms with Crippen LogP contribution in [0.4, 0.5) is 4.79 Å². The van der Waals surface area contributed by atoms with Crippen molar-refractivity contribution < 1.29 is 9.53 Å². The molecule has 0 aliphatic carbocycles. The Morgan fingerprint density at radius 3 is 2.89 bits per heavy atom. The Kier molecular flexibility index (Phi) is 7.25. The van der Waals surface area contributed by atoms with Gasteiger partial charge in [0.1, 0.15) is 5.75 Å². The molecular weight excluding hydrogens is 352 g/mol. The number of likely N-dealkylation sites (N-methyl/N-ethyl adjacent to an activating group) is 1. The molecule has 1 aliphatic heterocycles. The van der Waals surface area contributed by atoms with Gasteiger partial charge < -0.3 is 19.9 Å². The highest BCUT2D eigenvalue weighted by Crippen LogP contribution is 2.21. The summed E-state index contributed by atoms with van der Waals surface area (Å²) in [7, 11) is 1.66. The van der Waals surface area contributed by atoms with Gasteiger partial charge in [-0.15, -0.1) is 0 Å². The second-order valence-electron chi connectivity index (χ2n) is 7.21. The van der Waals surface area contributed by atoms with Crippen LogP contribution in [0.15, 0.2) is 48.8 Å². The summed E-state index contributed by atoms with van der Waals surface area (Å²) in [5, 5.41) is 3.25. The highest BCUT2D eigenvalue weighted by Gasteiger charge is 2.23. The number of urea groups is 1. The van der Waals surface area contributed by atoms with Gasteiger partial charge in [0.15, 0.2) is 0 Å². The summed E-state index contributed by atoms with van der Waals surface area (Å²) < 4.78 is 5.48. The van der Waals surface area contributed by atoms with Gasteiger partial charge in [-0.2, -0.15) is 0 Å². The number of nitrogens with one attached hydrogen (secondary N) is 1. The highest BCUT2D eigenvalue weighted by atomic mass is 16.5. The molecule has 2 amide bonds. The van der Waals surface area contributed by atoms with Crippen LogP contribution in [0, 0.1) is 0 Å². The van der Waals surface area contributed by atoms with Crippen molar-refractivity contribution in [2.75, 3.05) is 26.7 Å². The van der Waals surface area contributed by atoms with E-state index in [0.29, 0.717) is 13.1 Å². The Labute approximate surface area is 167 Å². The summed E-state index contributed by atoms with van der Waals surface area (Å²) in [6, 6.07) is 11.9. The summed E-state index contributed by atoms with van der Waals surface area (Å²) in [4.78, 5) is 21.6. The molecule has 28 heavy (non-hydrogen) atoms. The zero-order chi connectivity index (χ0) is 19.8. The van der Waals surface area contributed by atoms with E-state index >= 15 is 0 Å². The maximum atomic E-state index is 13.1. The fraction of sp³-hybridized carbons (Fsp3) is 0.455. The van der Waals surface area contributed by atoms with E-state index in [0.717, 1.165) is 49.4 Å². The maximum absolute atomic E-state index is 13.1. The summed E-state index contributed by atoms with van der Waals surface area (Å²) >= 11 is 0. The Hall–Kier alpha value is -2.60. The highest BCUT2D eigenvalue weighted by molar-refractivity contribution is 5.74. The number of hydrogen-bond acceptors (Lipinski definition) is 4. The van der Waals surface area contributed by atoms with Gasteiger partial charge in [-0.3, -0.25) is 4.98 Å². The number of methoxy groups -OCH3 is 1. The summed E-state index contributed by atoms with van der Waals surface area (Å²) in [6.45, 7) is 6.20. The molecule has 0 spiro atoms. The maximum Gasteiger partial charge on any atom is 0.318 e. The quantitative estimate of drug-likeness (QED) is 0.798. The van der Waals surface area contributed by atoms with Crippen LogP contribution >= 0.6 is 0 Å². The predicted molar refractivity (Wildman–Crippen MR) is 110 cm³/mol. The van der Waals surface area contributed by atoms with Crippen molar-refractivity contribution in [3.63, 3.8) is 0 Å². The molecule has 1 N–H and O–H groups in total. The second-order valence-corrected chi connectivity index (χ2v) is 7.21. The lowest BCUT2D eigenvalue weighted by Crippen LogP contribution is -2.51. The van der Waals surface area contributed by atoms with E-state index in [1.807, 2.05) is 47.5 Å². The number of carbonyl (C=O) groups excluding carboxylic acids is 1. The largest absolute Gasteiger partial charge is 0.496 e. The fourth-order valence-corrected chi connectivity index (χ4v) is 3.68. The van der Waals surface area contributed by atoms with Gasteiger partial charge >= 0.3 is 6.03 Å². The van der Waals surface area contributed by atoms with E-state index in [4.69, 9.17) is 4.74 Å². The minimum Gasteiger partial charge on any atom is -0.496 e. The predicted octanol–water partition coefficient (Wildman–Crippen LogP) is 3.29. The summed E-state index contributed by atoms with van der Waals surface area (Å²) in [5.74, 6) is 0.793. The molecule has 1 fully saturated rings. The Balaban J connectivity index is 1.74. The zero-order valence-electron chi connectivity index (χ0n) is 16.8. The third-order valence-corrected chi connectivity index (χ3v) is 5.22. The van der Waals surface area contributed by atoms with E-state index in [-0.39, 0.29) is 12.1 Å². The molecule has 1 atom stereocenters. The minimum atomic E-state index is -0.0438. The SMILES string of the molecule is CCN1CCC[C@H](NC(=O)N(Cc2cccnc2)Cc2ccccc2OC)C1. The molecule has 1 aromatic heterocycles. The second kappa shape index (κ2) is 10.1. The number of ether oxygens (including phenoxy) is 1. The molecule has 6 nitrogen and oxygen atoms in total. The van der Waals surface area contributed by atoms with E-state index in [2.05, 4.69) is 22.1 Å². The topological polar surface area (TPSA) is 57.7 Å². The third-order valence-electron chi connectivity index (χ3n) is 5.22. The summed E-state index contributed by atoms with van der Waals surface area (Å²) in [5.41, 5.74) is 1.99. The van der Waals surface area contributed by atoms with Crippen LogP contribution in [-0.2, 0) is 13.1 Å². The number of hydrogen-bond donors (Lipinski definition) is 1. The molecule has 1 aromatic carbocycles. The number of pyridine rings is 1. The normalized spacial score (nSPS) is 17.1. The van der Waals surface area contributed by atoms with Crippen LogP contribution in [0.2, 0.25) is 0 Å². The zero-order valence-corrected chi connectivity index (χ0v) is 16.8. The average molecular weight is 383 g/mol. The molecule has 1 saturated heterocycles. The smallest absolute Gasteiger partial charge is 0.318 e. The lowest BCUT2D eigenvalue weighted by atomic mass is 10.1. The number of nitrogens with zero attached hydrogens (tertiary/aromatic N) is 3. The molecule has 6 heteroatoms. The van der Waals surface area contributed by atoms with Crippen molar-refractivity contribution in [1.29, 1.82) is 0 Å². The number of rotatable bonds is 7. The van der Waals surface area contributed by atoms with E-state index < -0.39 is 0 Å². The molecule has 3 rings (SSSR count). The molecular formula is C22H30N4O2. The van der Waals surface area contributed by atoms with Gasteiger partial charge in [0.25, 0.3) is 0 Å². The first-order valence-electron chi connectivity index (χ1n) is 9.98. The number of likely N-dealkylation sites (tertiary alicyclic amines) is 1. The summed E-state index contributed by atoms with van der Waals surface area (Å²) in [6.07, 6.45) is 5.70. The van der Waals surface area contributed by atoms with Crippen LogP contribution in [0.25, 0.3) is 0 Å². The van der Waals surface area contributed by atoms with Crippen molar-refractivity contribution in [1.82, 2.24) is 20.1 Å². The minimum absolute atomic E-state index is 0.0438. The number of para-hydroxylation sites is 1. The number of aromatic nitrogens is 1. The van der Waals surface area contributed by atoms with E-state index in [1.165, 1.54) is 0 Å². The third kappa shape index (κ3) is 5.45. The monoisotopic (exact) mass is 382 g/mol. The van der Waals surface area contributed by atoms with Crippen LogP contribution in [0.5, 0.6) is 5.75 Å². The number of piperidine rings is 1. The van der Waals surface area contributed by atoms with Gasteiger partial charge in [-0.1, -0.05) is 31.2 Å². The van der Waals surface area contributed by atoms with Gasteiger partial charge in [0.2, 0.25) is 0 Å². The van der Waals surface area contributed by atoms with Gasteiger partial charge in [0, 0.05) is 37.1 Å². The molecule has 0 radical (unpaired) electrons. The van der Waals surface area contributed by atoms with Crippen molar-refractivity contribution in [3.8, 4) is 5.75 Å². The molecule has 0 saturated carbocycles.